The molecule has 1 amide bonds. The first-order chi connectivity index (χ1) is 5.79. The quantitative estimate of drug-likeness (QED) is 0.736. The molecule has 0 spiro atoms. The number of carbonyl (C=O) groups is 1. The molecule has 0 fully saturated rings. The second-order valence-electron chi connectivity index (χ2n) is 2.19. The summed E-state index contributed by atoms with van der Waals surface area (Å²) in [6, 6.07) is 0. The van der Waals surface area contributed by atoms with Crippen LogP contribution < -0.4 is 10.6 Å². The van der Waals surface area contributed by atoms with Crippen LogP contribution in [0.3, 0.4) is 0 Å². The maximum absolute atomic E-state index is 11.3. The zero-order chi connectivity index (χ0) is 8.97. The first-order valence-corrected chi connectivity index (χ1v) is 4.53. The van der Waals surface area contributed by atoms with E-state index in [1.807, 2.05) is 12.3 Å². The third kappa shape index (κ3) is 1.73. The van der Waals surface area contributed by atoms with Crippen LogP contribution in [0.2, 0.25) is 0 Å². The van der Waals surface area contributed by atoms with Crippen molar-refractivity contribution < 1.29 is 4.79 Å². The maximum Gasteiger partial charge on any atom is 0.273 e. The van der Waals surface area contributed by atoms with Gasteiger partial charge in [0.05, 0.1) is 5.69 Å². The van der Waals surface area contributed by atoms with Crippen molar-refractivity contribution in [3.05, 3.63) is 11.1 Å². The molecule has 12 heavy (non-hydrogen) atoms. The van der Waals surface area contributed by atoms with E-state index in [1.54, 1.807) is 7.05 Å². The first-order valence-electron chi connectivity index (χ1n) is 3.70. The van der Waals surface area contributed by atoms with Gasteiger partial charge >= 0.3 is 0 Å². The zero-order valence-corrected chi connectivity index (χ0v) is 7.86. The summed E-state index contributed by atoms with van der Waals surface area (Å²) < 4.78 is 3.97. The van der Waals surface area contributed by atoms with Crippen molar-refractivity contribution >= 4 is 23.1 Å². The Balaban J connectivity index is 2.79. The fourth-order valence-electron chi connectivity index (χ4n) is 0.822. The number of nitrogens with one attached hydrogen (secondary N) is 2. The summed E-state index contributed by atoms with van der Waals surface area (Å²) >= 11 is 1.27. The molecule has 0 radical (unpaired) electrons. The summed E-state index contributed by atoms with van der Waals surface area (Å²) in [6.45, 7) is 2.50. The molecule has 0 unspecified atom stereocenters. The smallest absolute Gasteiger partial charge is 0.273 e. The van der Waals surface area contributed by atoms with Gasteiger partial charge in [-0.05, 0) is 18.5 Å². The van der Waals surface area contributed by atoms with Crippen LogP contribution in [0.1, 0.15) is 17.4 Å². The van der Waals surface area contributed by atoms with Crippen molar-refractivity contribution in [3.63, 3.8) is 0 Å². The lowest BCUT2D eigenvalue weighted by atomic mass is 10.3. The SMILES string of the molecule is CCNC(=O)c1nscc1NC. The second-order valence-corrected chi connectivity index (χ2v) is 2.82. The number of hydrogen-bond donors (Lipinski definition) is 2. The summed E-state index contributed by atoms with van der Waals surface area (Å²) in [5.41, 5.74) is 1.26. The molecule has 0 bridgehead atoms. The van der Waals surface area contributed by atoms with E-state index >= 15 is 0 Å². The molecule has 0 aliphatic heterocycles. The van der Waals surface area contributed by atoms with Crippen LogP contribution in [-0.2, 0) is 0 Å². The fraction of sp³-hybridized carbons (Fsp3) is 0.429. The van der Waals surface area contributed by atoms with Crippen LogP contribution in [0, 0.1) is 0 Å². The van der Waals surface area contributed by atoms with Crippen LogP contribution >= 0.6 is 11.5 Å². The molecule has 0 saturated carbocycles. The summed E-state index contributed by atoms with van der Waals surface area (Å²) in [7, 11) is 1.77. The van der Waals surface area contributed by atoms with E-state index in [9.17, 15) is 4.79 Å². The van der Waals surface area contributed by atoms with Crippen molar-refractivity contribution in [1.82, 2.24) is 9.69 Å². The molecule has 0 aromatic carbocycles. The second kappa shape index (κ2) is 4.06. The lowest BCUT2D eigenvalue weighted by Crippen LogP contribution is -2.23. The molecule has 0 aliphatic rings. The third-order valence-corrected chi connectivity index (χ3v) is 2.02. The van der Waals surface area contributed by atoms with Gasteiger partial charge in [-0.3, -0.25) is 4.79 Å². The van der Waals surface area contributed by atoms with Crippen LogP contribution in [0.4, 0.5) is 5.69 Å². The lowest BCUT2D eigenvalue weighted by Gasteiger charge is -2.00. The highest BCUT2D eigenvalue weighted by molar-refractivity contribution is 7.04. The molecule has 5 heteroatoms. The monoisotopic (exact) mass is 185 g/mol. The Hall–Kier alpha value is -1.10. The van der Waals surface area contributed by atoms with Gasteiger partial charge in [0.1, 0.15) is 0 Å². The van der Waals surface area contributed by atoms with Gasteiger partial charge in [0.25, 0.3) is 5.91 Å². The van der Waals surface area contributed by atoms with E-state index in [4.69, 9.17) is 0 Å². The minimum absolute atomic E-state index is 0.122. The lowest BCUT2D eigenvalue weighted by molar-refractivity contribution is 0.0953. The number of amides is 1. The van der Waals surface area contributed by atoms with Crippen molar-refractivity contribution in [2.24, 2.45) is 0 Å². The molecule has 1 rings (SSSR count). The van der Waals surface area contributed by atoms with Gasteiger partial charge < -0.3 is 10.6 Å². The maximum atomic E-state index is 11.3. The first kappa shape index (κ1) is 8.99. The van der Waals surface area contributed by atoms with Crippen LogP contribution in [0.15, 0.2) is 5.38 Å². The molecule has 4 nitrogen and oxygen atoms in total. The van der Waals surface area contributed by atoms with Gasteiger partial charge in [-0.1, -0.05) is 0 Å². The number of rotatable bonds is 3. The van der Waals surface area contributed by atoms with Crippen molar-refractivity contribution in [1.29, 1.82) is 0 Å². The average Bonchev–Trinajstić information content (AvgIpc) is 2.51. The molecule has 0 aliphatic carbocycles. The predicted octanol–water partition coefficient (Wildman–Crippen LogP) is 0.935. The van der Waals surface area contributed by atoms with Crippen LogP contribution in [0.5, 0.6) is 0 Å². The average molecular weight is 185 g/mol. The number of anilines is 1. The normalized spacial score (nSPS) is 9.50. The van der Waals surface area contributed by atoms with Gasteiger partial charge in [0, 0.05) is 19.0 Å². The molecule has 66 valence electrons. The zero-order valence-electron chi connectivity index (χ0n) is 7.05. The Morgan fingerprint density at radius 3 is 3.08 bits per heavy atom. The molecule has 0 saturated heterocycles. The van der Waals surface area contributed by atoms with E-state index in [0.29, 0.717) is 12.2 Å². The van der Waals surface area contributed by atoms with Gasteiger partial charge in [-0.15, -0.1) is 0 Å². The van der Waals surface area contributed by atoms with E-state index < -0.39 is 0 Å². The van der Waals surface area contributed by atoms with E-state index in [2.05, 4.69) is 15.0 Å². The van der Waals surface area contributed by atoms with Gasteiger partial charge in [-0.25, -0.2) is 0 Å². The van der Waals surface area contributed by atoms with Crippen molar-refractivity contribution in [2.75, 3.05) is 18.9 Å². The molecule has 1 aromatic rings. The highest BCUT2D eigenvalue weighted by atomic mass is 32.1. The Labute approximate surface area is 75.2 Å². The Bertz CT molecular complexity index is 271. The topological polar surface area (TPSA) is 54.0 Å². The largest absolute Gasteiger partial charge is 0.385 e. The van der Waals surface area contributed by atoms with Gasteiger partial charge in [0.2, 0.25) is 0 Å². The number of aromatic nitrogens is 1. The summed E-state index contributed by atoms with van der Waals surface area (Å²) in [5.74, 6) is -0.122. The van der Waals surface area contributed by atoms with Gasteiger partial charge in [-0.2, -0.15) is 4.37 Å². The van der Waals surface area contributed by atoms with Crippen molar-refractivity contribution in [3.8, 4) is 0 Å². The molecule has 1 aromatic heterocycles. The molecular formula is C7H11N3OS. The predicted molar refractivity (Wildman–Crippen MR) is 49.7 cm³/mol. The standard InChI is InChI=1S/C7H11N3OS/c1-3-9-7(11)6-5(8-2)4-12-10-6/h4,8H,3H2,1-2H3,(H,9,11). The van der Waals surface area contributed by atoms with Crippen LogP contribution in [-0.4, -0.2) is 23.9 Å². The highest BCUT2D eigenvalue weighted by Gasteiger charge is 2.11. The van der Waals surface area contributed by atoms with E-state index in [-0.39, 0.29) is 5.91 Å². The van der Waals surface area contributed by atoms with Crippen molar-refractivity contribution in [2.45, 2.75) is 6.92 Å². The Morgan fingerprint density at radius 1 is 1.75 bits per heavy atom. The Morgan fingerprint density at radius 2 is 2.50 bits per heavy atom. The summed E-state index contributed by atoms with van der Waals surface area (Å²) in [5, 5.41) is 7.40. The highest BCUT2D eigenvalue weighted by Crippen LogP contribution is 2.15. The fourth-order valence-corrected chi connectivity index (χ4v) is 1.50. The van der Waals surface area contributed by atoms with Gasteiger partial charge in [0.15, 0.2) is 5.69 Å². The number of hydrogen-bond acceptors (Lipinski definition) is 4. The third-order valence-electron chi connectivity index (χ3n) is 1.39. The van der Waals surface area contributed by atoms with E-state index in [1.165, 1.54) is 11.5 Å². The molecular weight excluding hydrogens is 174 g/mol. The van der Waals surface area contributed by atoms with Crippen LogP contribution in [0.25, 0.3) is 0 Å². The number of carbonyl (C=O) groups excluding carboxylic acids is 1. The molecule has 0 atom stereocenters. The summed E-state index contributed by atoms with van der Waals surface area (Å²) in [4.78, 5) is 11.3. The van der Waals surface area contributed by atoms with E-state index in [0.717, 1.165) is 5.69 Å². The number of nitrogens with zero attached hydrogens (tertiary/aromatic N) is 1. The minimum atomic E-state index is -0.122. The Kier molecular flexibility index (Phi) is 3.04. The molecule has 2 N–H and O–H groups in total. The molecule has 1 heterocycles. The minimum Gasteiger partial charge on any atom is -0.385 e. The summed E-state index contributed by atoms with van der Waals surface area (Å²) in [6.07, 6.45) is 0.